The van der Waals surface area contributed by atoms with Gasteiger partial charge in [-0.1, -0.05) is 23.7 Å². The SMILES string of the molecule is O=C(O)c1csc(N2CCOc3c(Cl)cccc3C2)n1. The van der Waals surface area contributed by atoms with Crippen LogP contribution in [0.3, 0.4) is 0 Å². The summed E-state index contributed by atoms with van der Waals surface area (Å²) in [7, 11) is 0. The number of para-hydroxylation sites is 1. The average Bonchev–Trinajstić information content (AvgIpc) is 2.80. The van der Waals surface area contributed by atoms with E-state index >= 15 is 0 Å². The number of carboxylic acids is 1. The summed E-state index contributed by atoms with van der Waals surface area (Å²) in [4.78, 5) is 17.0. The van der Waals surface area contributed by atoms with E-state index in [9.17, 15) is 4.79 Å². The third-order valence-corrected chi connectivity index (χ3v) is 4.20. The van der Waals surface area contributed by atoms with Crippen LogP contribution in [0.15, 0.2) is 23.6 Å². The first-order valence-corrected chi connectivity index (χ1v) is 7.25. The van der Waals surface area contributed by atoms with Crippen molar-refractivity contribution in [1.82, 2.24) is 4.98 Å². The maximum Gasteiger partial charge on any atom is 0.355 e. The summed E-state index contributed by atoms with van der Waals surface area (Å²) in [6, 6.07) is 5.62. The number of hydrogen-bond acceptors (Lipinski definition) is 5. The van der Waals surface area contributed by atoms with Crippen LogP contribution < -0.4 is 9.64 Å². The molecule has 0 saturated carbocycles. The number of halogens is 1. The van der Waals surface area contributed by atoms with E-state index < -0.39 is 5.97 Å². The monoisotopic (exact) mass is 310 g/mol. The Labute approximate surface area is 124 Å². The van der Waals surface area contributed by atoms with Gasteiger partial charge in [0.2, 0.25) is 0 Å². The number of nitrogens with zero attached hydrogens (tertiary/aromatic N) is 2. The van der Waals surface area contributed by atoms with Gasteiger partial charge in [-0.2, -0.15) is 0 Å². The minimum absolute atomic E-state index is 0.0708. The number of carboxylic acid groups (broad SMARTS) is 1. The van der Waals surface area contributed by atoms with Crippen LogP contribution in [0.25, 0.3) is 0 Å². The number of ether oxygens (including phenoxy) is 1. The fourth-order valence-corrected chi connectivity index (χ4v) is 3.13. The number of fused-ring (bicyclic) bond motifs is 1. The maximum atomic E-state index is 10.9. The lowest BCUT2D eigenvalue weighted by molar-refractivity contribution is 0.0691. The van der Waals surface area contributed by atoms with E-state index in [0.717, 1.165) is 5.56 Å². The molecule has 1 aliphatic rings. The standard InChI is InChI=1S/C13H11ClN2O3S/c14-9-3-1-2-8-6-16(4-5-19-11(8)9)13-15-10(7-20-13)12(17)18/h1-3,7H,4-6H2,(H,17,18). The lowest BCUT2D eigenvalue weighted by Crippen LogP contribution is -2.25. The quantitative estimate of drug-likeness (QED) is 0.924. The second-order valence-corrected chi connectivity index (χ2v) is 5.56. The fourth-order valence-electron chi connectivity index (χ4n) is 2.05. The van der Waals surface area contributed by atoms with Crippen LogP contribution in [0.5, 0.6) is 5.75 Å². The van der Waals surface area contributed by atoms with E-state index in [2.05, 4.69) is 4.98 Å². The van der Waals surface area contributed by atoms with Crippen LogP contribution >= 0.6 is 22.9 Å². The van der Waals surface area contributed by atoms with Crippen LogP contribution in [0.2, 0.25) is 5.02 Å². The van der Waals surface area contributed by atoms with Crippen LogP contribution in [0, 0.1) is 0 Å². The smallest absolute Gasteiger partial charge is 0.355 e. The summed E-state index contributed by atoms with van der Waals surface area (Å²) in [5, 5.41) is 11.7. The molecule has 0 atom stereocenters. The van der Waals surface area contributed by atoms with Crippen LogP contribution in [-0.2, 0) is 6.54 Å². The molecule has 0 bridgehead atoms. The van der Waals surface area contributed by atoms with Gasteiger partial charge in [-0.25, -0.2) is 9.78 Å². The molecule has 0 spiro atoms. The molecule has 2 heterocycles. The lowest BCUT2D eigenvalue weighted by Gasteiger charge is -2.18. The molecule has 1 aromatic carbocycles. The third kappa shape index (κ3) is 2.44. The van der Waals surface area contributed by atoms with Gasteiger partial charge in [0.1, 0.15) is 12.4 Å². The van der Waals surface area contributed by atoms with Gasteiger partial charge in [-0.15, -0.1) is 11.3 Å². The Morgan fingerprint density at radius 2 is 2.35 bits per heavy atom. The Kier molecular flexibility index (Phi) is 3.50. The normalized spacial score (nSPS) is 14.3. The summed E-state index contributed by atoms with van der Waals surface area (Å²) in [6.07, 6.45) is 0. The van der Waals surface area contributed by atoms with Crippen molar-refractivity contribution in [3.05, 3.63) is 39.9 Å². The number of aromatic nitrogens is 1. The van der Waals surface area contributed by atoms with Crippen LogP contribution in [0.4, 0.5) is 5.13 Å². The van der Waals surface area contributed by atoms with Gasteiger partial charge in [0.05, 0.1) is 11.6 Å². The van der Waals surface area contributed by atoms with Gasteiger partial charge in [0.25, 0.3) is 0 Å². The van der Waals surface area contributed by atoms with Crippen molar-refractivity contribution >= 4 is 34.0 Å². The van der Waals surface area contributed by atoms with E-state index in [1.54, 1.807) is 11.4 Å². The zero-order chi connectivity index (χ0) is 14.1. The number of rotatable bonds is 2. The Bertz CT molecular complexity index is 659. The van der Waals surface area contributed by atoms with E-state index in [4.69, 9.17) is 21.4 Å². The number of carbonyl (C=O) groups is 1. The number of hydrogen-bond donors (Lipinski definition) is 1. The zero-order valence-corrected chi connectivity index (χ0v) is 11.9. The molecule has 7 heteroatoms. The van der Waals surface area contributed by atoms with Gasteiger partial charge < -0.3 is 14.7 Å². The fraction of sp³-hybridized carbons (Fsp3) is 0.231. The van der Waals surface area contributed by atoms with E-state index in [1.807, 2.05) is 17.0 Å². The van der Waals surface area contributed by atoms with Crippen molar-refractivity contribution in [2.45, 2.75) is 6.54 Å². The lowest BCUT2D eigenvalue weighted by atomic mass is 10.2. The first-order valence-electron chi connectivity index (χ1n) is 5.99. The molecule has 0 radical (unpaired) electrons. The van der Waals surface area contributed by atoms with Crippen LogP contribution in [-0.4, -0.2) is 29.2 Å². The highest BCUT2D eigenvalue weighted by atomic mass is 35.5. The van der Waals surface area contributed by atoms with Gasteiger partial charge in [0.15, 0.2) is 10.8 Å². The molecular formula is C13H11ClN2O3S. The number of thiazole rings is 1. The largest absolute Gasteiger partial charge is 0.490 e. The number of anilines is 1. The molecule has 3 rings (SSSR count). The van der Waals surface area contributed by atoms with Gasteiger partial charge in [0, 0.05) is 17.5 Å². The van der Waals surface area contributed by atoms with Crippen molar-refractivity contribution in [2.75, 3.05) is 18.1 Å². The minimum atomic E-state index is -1.01. The topological polar surface area (TPSA) is 62.7 Å². The Morgan fingerprint density at radius 3 is 3.10 bits per heavy atom. The molecule has 5 nitrogen and oxygen atoms in total. The van der Waals surface area contributed by atoms with Crippen molar-refractivity contribution in [3.8, 4) is 5.75 Å². The van der Waals surface area contributed by atoms with Crippen molar-refractivity contribution in [1.29, 1.82) is 0 Å². The highest BCUT2D eigenvalue weighted by molar-refractivity contribution is 7.13. The summed E-state index contributed by atoms with van der Waals surface area (Å²) in [5.74, 6) is -0.311. The maximum absolute atomic E-state index is 10.9. The van der Waals surface area contributed by atoms with Crippen molar-refractivity contribution in [3.63, 3.8) is 0 Å². The van der Waals surface area contributed by atoms with Crippen molar-refractivity contribution < 1.29 is 14.6 Å². The van der Waals surface area contributed by atoms with E-state index in [-0.39, 0.29) is 5.69 Å². The molecule has 0 amide bonds. The summed E-state index contributed by atoms with van der Waals surface area (Å²) in [5.41, 5.74) is 1.04. The number of aromatic carboxylic acids is 1. The van der Waals surface area contributed by atoms with Gasteiger partial charge >= 0.3 is 5.97 Å². The second-order valence-electron chi connectivity index (χ2n) is 4.32. The van der Waals surface area contributed by atoms with E-state index in [1.165, 1.54) is 11.3 Å². The summed E-state index contributed by atoms with van der Waals surface area (Å²) in [6.45, 7) is 1.72. The predicted molar refractivity (Wildman–Crippen MR) is 77.1 cm³/mol. The third-order valence-electron chi connectivity index (χ3n) is 3.00. The average molecular weight is 311 g/mol. The molecule has 0 aliphatic carbocycles. The number of benzene rings is 1. The molecule has 104 valence electrons. The van der Waals surface area contributed by atoms with E-state index in [0.29, 0.717) is 35.6 Å². The predicted octanol–water partition coefficient (Wildman–Crippen LogP) is 2.89. The first kappa shape index (κ1) is 13.2. The molecule has 0 unspecified atom stereocenters. The Hall–Kier alpha value is -1.79. The highest BCUT2D eigenvalue weighted by Crippen LogP contribution is 2.33. The minimum Gasteiger partial charge on any atom is -0.490 e. The Morgan fingerprint density at radius 1 is 1.50 bits per heavy atom. The molecule has 0 saturated heterocycles. The van der Waals surface area contributed by atoms with Crippen molar-refractivity contribution in [2.24, 2.45) is 0 Å². The molecule has 2 aromatic rings. The molecule has 1 N–H and O–H groups in total. The molecule has 0 fully saturated rings. The second kappa shape index (κ2) is 5.30. The molecule has 20 heavy (non-hydrogen) atoms. The van der Waals surface area contributed by atoms with Gasteiger partial charge in [-0.05, 0) is 6.07 Å². The highest BCUT2D eigenvalue weighted by Gasteiger charge is 2.20. The van der Waals surface area contributed by atoms with Gasteiger partial charge in [-0.3, -0.25) is 0 Å². The molecular weight excluding hydrogens is 300 g/mol. The Balaban J connectivity index is 1.90. The molecule has 1 aliphatic heterocycles. The molecule has 1 aromatic heterocycles. The first-order chi connectivity index (χ1) is 9.65. The summed E-state index contributed by atoms with van der Waals surface area (Å²) >= 11 is 7.44. The zero-order valence-electron chi connectivity index (χ0n) is 10.4. The summed E-state index contributed by atoms with van der Waals surface area (Å²) < 4.78 is 5.67. The van der Waals surface area contributed by atoms with Crippen LogP contribution in [0.1, 0.15) is 16.1 Å².